The first-order chi connectivity index (χ1) is 8.37. The third-order valence-corrected chi connectivity index (χ3v) is 4.91. The van der Waals surface area contributed by atoms with Crippen LogP contribution in [0.25, 0.3) is 0 Å². The number of anilines is 1. The Morgan fingerprint density at radius 3 is 2.56 bits per heavy atom. The van der Waals surface area contributed by atoms with Gasteiger partial charge in [0.05, 0.1) is 10.9 Å². The highest BCUT2D eigenvalue weighted by Gasteiger charge is 2.35. The van der Waals surface area contributed by atoms with Gasteiger partial charge in [-0.05, 0) is 48.9 Å². The highest BCUT2D eigenvalue weighted by atomic mass is 35.5. The minimum absolute atomic E-state index is 0.218. The summed E-state index contributed by atoms with van der Waals surface area (Å²) in [4.78, 5) is 0. The summed E-state index contributed by atoms with van der Waals surface area (Å²) in [6.45, 7) is 4.24. The largest absolute Gasteiger partial charge is 0.283 e. The molecule has 0 spiro atoms. The number of benzene rings is 1. The van der Waals surface area contributed by atoms with Crippen LogP contribution in [0.1, 0.15) is 32.3 Å². The molecule has 3 nitrogen and oxygen atoms in total. The van der Waals surface area contributed by atoms with Crippen LogP contribution in [0.5, 0.6) is 0 Å². The van der Waals surface area contributed by atoms with E-state index < -0.39 is 10.0 Å². The highest BCUT2D eigenvalue weighted by Crippen LogP contribution is 2.30. The van der Waals surface area contributed by atoms with E-state index in [9.17, 15) is 8.42 Å². The SMILES string of the molecule is CC(C)Cc1cc(Cl)cc(NS(=O)(=O)C2CC2)c1. The molecule has 0 aliphatic heterocycles. The van der Waals surface area contributed by atoms with Gasteiger partial charge >= 0.3 is 0 Å². The molecule has 0 amide bonds. The highest BCUT2D eigenvalue weighted by molar-refractivity contribution is 7.93. The second-order valence-corrected chi connectivity index (χ2v) is 7.69. The van der Waals surface area contributed by atoms with E-state index in [0.29, 0.717) is 16.6 Å². The lowest BCUT2D eigenvalue weighted by Gasteiger charge is -2.11. The van der Waals surface area contributed by atoms with E-state index in [1.165, 1.54) is 0 Å². The molecule has 5 heteroatoms. The summed E-state index contributed by atoms with van der Waals surface area (Å²) < 4.78 is 26.3. The Labute approximate surface area is 114 Å². The Hall–Kier alpha value is -0.740. The topological polar surface area (TPSA) is 46.2 Å². The quantitative estimate of drug-likeness (QED) is 0.902. The minimum Gasteiger partial charge on any atom is -0.283 e. The lowest BCUT2D eigenvalue weighted by molar-refractivity contribution is 0.600. The van der Waals surface area contributed by atoms with Crippen LogP contribution in [-0.2, 0) is 16.4 Å². The van der Waals surface area contributed by atoms with Crippen molar-refractivity contribution in [2.24, 2.45) is 5.92 Å². The molecule has 1 aromatic rings. The Bertz CT molecular complexity index is 536. The Morgan fingerprint density at radius 2 is 2.00 bits per heavy atom. The first-order valence-corrected chi connectivity index (χ1v) is 8.10. The minimum atomic E-state index is -3.21. The molecule has 1 aliphatic carbocycles. The van der Waals surface area contributed by atoms with Gasteiger partial charge in [-0.15, -0.1) is 0 Å². The van der Waals surface area contributed by atoms with Crippen LogP contribution in [0.15, 0.2) is 18.2 Å². The number of halogens is 1. The van der Waals surface area contributed by atoms with E-state index in [4.69, 9.17) is 11.6 Å². The maximum Gasteiger partial charge on any atom is 0.235 e. The molecule has 0 aromatic heterocycles. The van der Waals surface area contributed by atoms with Crippen LogP contribution < -0.4 is 4.72 Å². The van der Waals surface area contributed by atoms with E-state index in [0.717, 1.165) is 24.8 Å². The first-order valence-electron chi connectivity index (χ1n) is 6.18. The molecular formula is C13H18ClNO2S. The normalized spacial score (nSPS) is 16.0. The molecule has 0 bridgehead atoms. The fraction of sp³-hybridized carbons (Fsp3) is 0.538. The predicted octanol–water partition coefficient (Wildman–Crippen LogP) is 3.44. The molecule has 0 unspecified atom stereocenters. The van der Waals surface area contributed by atoms with Crippen molar-refractivity contribution >= 4 is 27.3 Å². The van der Waals surface area contributed by atoms with Gasteiger partial charge in [0.2, 0.25) is 10.0 Å². The molecule has 1 N–H and O–H groups in total. The molecular weight excluding hydrogens is 270 g/mol. The molecule has 100 valence electrons. The Morgan fingerprint density at radius 1 is 1.33 bits per heavy atom. The smallest absolute Gasteiger partial charge is 0.235 e. The molecule has 1 saturated carbocycles. The van der Waals surface area contributed by atoms with Crippen molar-refractivity contribution in [2.75, 3.05) is 4.72 Å². The number of sulfonamides is 1. The van der Waals surface area contributed by atoms with Crippen molar-refractivity contribution in [2.45, 2.75) is 38.4 Å². The average Bonchev–Trinajstić information content (AvgIpc) is 2.96. The number of rotatable bonds is 5. The van der Waals surface area contributed by atoms with Crippen LogP contribution in [0.4, 0.5) is 5.69 Å². The molecule has 1 fully saturated rings. The summed E-state index contributed by atoms with van der Waals surface area (Å²) in [6, 6.07) is 5.41. The maximum atomic E-state index is 11.9. The summed E-state index contributed by atoms with van der Waals surface area (Å²) >= 11 is 6.02. The van der Waals surface area contributed by atoms with Crippen molar-refractivity contribution in [1.82, 2.24) is 0 Å². The molecule has 18 heavy (non-hydrogen) atoms. The summed E-state index contributed by atoms with van der Waals surface area (Å²) in [5, 5.41) is 0.353. The third kappa shape index (κ3) is 3.62. The van der Waals surface area contributed by atoms with E-state index in [1.807, 2.05) is 12.1 Å². The van der Waals surface area contributed by atoms with Crippen LogP contribution in [0, 0.1) is 5.92 Å². The number of hydrogen-bond acceptors (Lipinski definition) is 2. The maximum absolute atomic E-state index is 11.9. The lowest BCUT2D eigenvalue weighted by Crippen LogP contribution is -2.17. The van der Waals surface area contributed by atoms with Crippen molar-refractivity contribution in [3.63, 3.8) is 0 Å². The standard InChI is InChI=1S/C13H18ClNO2S/c1-9(2)5-10-6-11(14)8-12(7-10)15-18(16,17)13-3-4-13/h6-9,13,15H,3-5H2,1-2H3. The van der Waals surface area contributed by atoms with E-state index in [-0.39, 0.29) is 5.25 Å². The third-order valence-electron chi connectivity index (χ3n) is 2.82. The van der Waals surface area contributed by atoms with Crippen molar-refractivity contribution in [3.05, 3.63) is 28.8 Å². The monoisotopic (exact) mass is 287 g/mol. The van der Waals surface area contributed by atoms with E-state index in [2.05, 4.69) is 18.6 Å². The molecule has 0 heterocycles. The average molecular weight is 288 g/mol. The van der Waals surface area contributed by atoms with Gasteiger partial charge < -0.3 is 0 Å². The summed E-state index contributed by atoms with van der Waals surface area (Å²) in [5.41, 5.74) is 1.64. The van der Waals surface area contributed by atoms with E-state index >= 15 is 0 Å². The van der Waals surface area contributed by atoms with Gasteiger partial charge in [0.15, 0.2) is 0 Å². The second kappa shape index (κ2) is 5.10. The molecule has 0 radical (unpaired) electrons. The van der Waals surface area contributed by atoms with Crippen molar-refractivity contribution < 1.29 is 8.42 Å². The van der Waals surface area contributed by atoms with Gasteiger partial charge in [-0.3, -0.25) is 4.72 Å². The summed E-state index contributed by atoms with van der Waals surface area (Å²) in [6.07, 6.45) is 2.40. The molecule has 2 rings (SSSR count). The zero-order chi connectivity index (χ0) is 13.3. The van der Waals surface area contributed by atoms with Crippen molar-refractivity contribution in [1.29, 1.82) is 0 Å². The van der Waals surface area contributed by atoms with Gasteiger partial charge in [0.25, 0.3) is 0 Å². The van der Waals surface area contributed by atoms with Gasteiger partial charge in [-0.1, -0.05) is 25.4 Å². The van der Waals surface area contributed by atoms with Crippen LogP contribution in [0.2, 0.25) is 5.02 Å². The summed E-state index contributed by atoms with van der Waals surface area (Å²) in [5.74, 6) is 0.511. The van der Waals surface area contributed by atoms with Crippen LogP contribution >= 0.6 is 11.6 Å². The number of nitrogens with one attached hydrogen (secondary N) is 1. The van der Waals surface area contributed by atoms with Gasteiger partial charge in [-0.2, -0.15) is 0 Å². The molecule has 0 atom stereocenters. The Balaban J connectivity index is 2.19. The van der Waals surface area contributed by atoms with Crippen LogP contribution in [-0.4, -0.2) is 13.7 Å². The fourth-order valence-electron chi connectivity index (χ4n) is 1.92. The summed E-state index contributed by atoms with van der Waals surface area (Å²) in [7, 11) is -3.21. The van der Waals surface area contributed by atoms with E-state index in [1.54, 1.807) is 6.07 Å². The van der Waals surface area contributed by atoms with Gasteiger partial charge in [-0.25, -0.2) is 8.42 Å². The van der Waals surface area contributed by atoms with Gasteiger partial charge in [0, 0.05) is 5.02 Å². The van der Waals surface area contributed by atoms with Crippen LogP contribution in [0.3, 0.4) is 0 Å². The second-order valence-electron chi connectivity index (χ2n) is 5.29. The van der Waals surface area contributed by atoms with Crippen molar-refractivity contribution in [3.8, 4) is 0 Å². The molecule has 1 aromatic carbocycles. The first kappa shape index (κ1) is 13.7. The van der Waals surface area contributed by atoms with Gasteiger partial charge in [0.1, 0.15) is 0 Å². The molecule has 1 aliphatic rings. The zero-order valence-corrected chi connectivity index (χ0v) is 12.2. The molecule has 0 saturated heterocycles. The zero-order valence-electron chi connectivity index (χ0n) is 10.6. The number of hydrogen-bond donors (Lipinski definition) is 1. The fourth-order valence-corrected chi connectivity index (χ4v) is 3.55. The Kier molecular flexibility index (Phi) is 3.87. The lowest BCUT2D eigenvalue weighted by atomic mass is 10.0. The predicted molar refractivity (Wildman–Crippen MR) is 75.6 cm³/mol.